The fourth-order valence-electron chi connectivity index (χ4n) is 3.35. The summed E-state index contributed by atoms with van der Waals surface area (Å²) in [5, 5.41) is 15.9. The molecule has 1 saturated heterocycles. The Morgan fingerprint density at radius 1 is 1.03 bits per heavy atom. The summed E-state index contributed by atoms with van der Waals surface area (Å²) in [5.74, 6) is -0.933. The molecule has 1 heterocycles. The van der Waals surface area contributed by atoms with Gasteiger partial charge in [-0.05, 0) is 30.3 Å². The fraction of sp³-hybridized carbons (Fsp3) is 0.333. The van der Waals surface area contributed by atoms with Crippen molar-refractivity contribution in [3.8, 4) is 5.75 Å². The van der Waals surface area contributed by atoms with Gasteiger partial charge >= 0.3 is 11.8 Å². The van der Waals surface area contributed by atoms with Gasteiger partial charge in [-0.3, -0.25) is 24.6 Å². The predicted octanol–water partition coefficient (Wildman–Crippen LogP) is 1.48. The van der Waals surface area contributed by atoms with Crippen LogP contribution in [0.15, 0.2) is 48.5 Å². The molecule has 2 N–H and O–H groups in total. The molecule has 3 rings (SSSR count). The molecule has 2 aromatic rings. The SMILES string of the molecule is COc1ccc(N2CCN(CCNC(=O)C(=O)Nc3ccccc3[N+](=O)[O-])CC2)cc1. The molecule has 10 nitrogen and oxygen atoms in total. The Balaban J connectivity index is 1.40. The lowest BCUT2D eigenvalue weighted by atomic mass is 10.2. The molecule has 0 saturated carbocycles. The van der Waals surface area contributed by atoms with Crippen molar-refractivity contribution >= 4 is 28.9 Å². The number of nitrogens with one attached hydrogen (secondary N) is 2. The van der Waals surface area contributed by atoms with Crippen LogP contribution in [0.4, 0.5) is 17.1 Å². The van der Waals surface area contributed by atoms with Crippen LogP contribution >= 0.6 is 0 Å². The van der Waals surface area contributed by atoms with E-state index in [2.05, 4.69) is 20.4 Å². The highest BCUT2D eigenvalue weighted by molar-refractivity contribution is 6.39. The maximum Gasteiger partial charge on any atom is 0.313 e. The minimum Gasteiger partial charge on any atom is -0.497 e. The van der Waals surface area contributed by atoms with E-state index in [0.717, 1.165) is 37.6 Å². The van der Waals surface area contributed by atoms with Gasteiger partial charge in [0, 0.05) is 51.0 Å². The molecule has 2 aromatic carbocycles. The standard InChI is InChI=1S/C21H25N5O5/c1-31-17-8-6-16(7-9-17)25-14-12-24(13-15-25)11-10-22-20(27)21(28)23-18-4-2-3-5-19(18)26(29)30/h2-9H,10-15H2,1H3,(H,22,27)(H,23,28). The van der Waals surface area contributed by atoms with Gasteiger partial charge in [-0.15, -0.1) is 0 Å². The topological polar surface area (TPSA) is 117 Å². The van der Waals surface area contributed by atoms with Gasteiger partial charge in [-0.1, -0.05) is 12.1 Å². The summed E-state index contributed by atoms with van der Waals surface area (Å²) in [5.41, 5.74) is 0.862. The number of rotatable bonds is 7. The Hall–Kier alpha value is -3.66. The van der Waals surface area contributed by atoms with E-state index in [0.29, 0.717) is 13.1 Å². The second kappa shape index (κ2) is 10.4. The number of nitro groups is 1. The Kier molecular flexibility index (Phi) is 7.39. The number of anilines is 2. The van der Waals surface area contributed by atoms with E-state index in [9.17, 15) is 19.7 Å². The van der Waals surface area contributed by atoms with Gasteiger partial charge < -0.3 is 20.3 Å². The average Bonchev–Trinajstić information content (AvgIpc) is 2.79. The Bertz CT molecular complexity index is 926. The molecule has 0 aliphatic carbocycles. The number of benzene rings is 2. The lowest BCUT2D eigenvalue weighted by Gasteiger charge is -2.36. The van der Waals surface area contributed by atoms with Crippen molar-refractivity contribution in [2.75, 3.05) is 56.6 Å². The number of nitrogens with zero attached hydrogens (tertiary/aromatic N) is 3. The highest BCUT2D eigenvalue weighted by atomic mass is 16.6. The third-order valence-electron chi connectivity index (χ3n) is 5.08. The third kappa shape index (κ3) is 5.92. The summed E-state index contributed by atoms with van der Waals surface area (Å²) in [6.07, 6.45) is 0. The van der Waals surface area contributed by atoms with Gasteiger partial charge in [0.1, 0.15) is 11.4 Å². The molecule has 0 unspecified atom stereocenters. The maximum atomic E-state index is 12.0. The zero-order valence-electron chi connectivity index (χ0n) is 17.2. The summed E-state index contributed by atoms with van der Waals surface area (Å²) >= 11 is 0. The van der Waals surface area contributed by atoms with Crippen molar-refractivity contribution in [3.05, 3.63) is 58.6 Å². The van der Waals surface area contributed by atoms with Crippen LogP contribution < -0.4 is 20.3 Å². The molecule has 31 heavy (non-hydrogen) atoms. The van der Waals surface area contributed by atoms with Crippen LogP contribution in [0.5, 0.6) is 5.75 Å². The number of piperazine rings is 1. The monoisotopic (exact) mass is 427 g/mol. The van der Waals surface area contributed by atoms with Gasteiger partial charge in [0.2, 0.25) is 0 Å². The van der Waals surface area contributed by atoms with E-state index in [1.807, 2.05) is 24.3 Å². The van der Waals surface area contributed by atoms with Crippen molar-refractivity contribution in [2.45, 2.75) is 0 Å². The van der Waals surface area contributed by atoms with Gasteiger partial charge in [0.05, 0.1) is 12.0 Å². The number of amides is 2. The average molecular weight is 427 g/mol. The van der Waals surface area contributed by atoms with Crippen molar-refractivity contribution in [1.82, 2.24) is 10.2 Å². The minimum atomic E-state index is -0.932. The highest BCUT2D eigenvalue weighted by Crippen LogP contribution is 2.23. The predicted molar refractivity (Wildman–Crippen MR) is 116 cm³/mol. The number of methoxy groups -OCH3 is 1. The summed E-state index contributed by atoms with van der Waals surface area (Å²) in [4.78, 5) is 39.0. The molecular formula is C21H25N5O5. The Morgan fingerprint density at radius 3 is 2.35 bits per heavy atom. The quantitative estimate of drug-likeness (QED) is 0.390. The van der Waals surface area contributed by atoms with E-state index in [-0.39, 0.29) is 11.4 Å². The molecule has 2 amide bonds. The number of hydrogen-bond donors (Lipinski definition) is 2. The fourth-order valence-corrected chi connectivity index (χ4v) is 3.35. The number of carbonyl (C=O) groups excluding carboxylic acids is 2. The molecule has 0 atom stereocenters. The molecule has 10 heteroatoms. The van der Waals surface area contributed by atoms with Crippen molar-refractivity contribution in [1.29, 1.82) is 0 Å². The molecule has 1 aliphatic heterocycles. The summed E-state index contributed by atoms with van der Waals surface area (Å²) in [7, 11) is 1.64. The summed E-state index contributed by atoms with van der Waals surface area (Å²) in [6, 6.07) is 13.6. The zero-order chi connectivity index (χ0) is 22.2. The van der Waals surface area contributed by atoms with Crippen LogP contribution in [0, 0.1) is 10.1 Å². The first-order valence-electron chi connectivity index (χ1n) is 9.92. The largest absolute Gasteiger partial charge is 0.497 e. The Labute approximate surface area is 179 Å². The second-order valence-electron chi connectivity index (χ2n) is 7.01. The number of carbonyl (C=O) groups is 2. The summed E-state index contributed by atoms with van der Waals surface area (Å²) in [6.45, 7) is 4.32. The molecule has 1 aliphatic rings. The van der Waals surface area contributed by atoms with Crippen LogP contribution in [0.3, 0.4) is 0 Å². The Morgan fingerprint density at radius 2 is 1.71 bits per heavy atom. The first-order valence-corrected chi connectivity index (χ1v) is 9.92. The highest BCUT2D eigenvalue weighted by Gasteiger charge is 2.20. The number of ether oxygens (including phenoxy) is 1. The first kappa shape index (κ1) is 22.0. The van der Waals surface area contributed by atoms with E-state index in [4.69, 9.17) is 4.74 Å². The number of nitro benzene ring substituents is 1. The van der Waals surface area contributed by atoms with Gasteiger partial charge in [0.15, 0.2) is 0 Å². The molecule has 1 fully saturated rings. The second-order valence-corrected chi connectivity index (χ2v) is 7.01. The molecule has 164 valence electrons. The van der Waals surface area contributed by atoms with E-state index >= 15 is 0 Å². The number of para-hydroxylation sites is 2. The van der Waals surface area contributed by atoms with E-state index in [1.165, 1.54) is 18.2 Å². The zero-order valence-corrected chi connectivity index (χ0v) is 17.2. The van der Waals surface area contributed by atoms with E-state index in [1.54, 1.807) is 13.2 Å². The van der Waals surface area contributed by atoms with Gasteiger partial charge in [0.25, 0.3) is 5.69 Å². The summed E-state index contributed by atoms with van der Waals surface area (Å²) < 4.78 is 5.18. The minimum absolute atomic E-state index is 0.0118. The number of hydrogen-bond acceptors (Lipinski definition) is 7. The van der Waals surface area contributed by atoms with Gasteiger partial charge in [-0.2, -0.15) is 0 Å². The van der Waals surface area contributed by atoms with Crippen molar-refractivity contribution < 1.29 is 19.2 Å². The van der Waals surface area contributed by atoms with Crippen LogP contribution in [-0.4, -0.2) is 68.0 Å². The van der Waals surface area contributed by atoms with Gasteiger partial charge in [-0.25, -0.2) is 0 Å². The van der Waals surface area contributed by atoms with Crippen molar-refractivity contribution in [3.63, 3.8) is 0 Å². The van der Waals surface area contributed by atoms with Crippen LogP contribution in [0.2, 0.25) is 0 Å². The third-order valence-corrected chi connectivity index (χ3v) is 5.08. The molecule has 0 aromatic heterocycles. The lowest BCUT2D eigenvalue weighted by Crippen LogP contribution is -2.49. The van der Waals surface area contributed by atoms with Crippen LogP contribution in [0.1, 0.15) is 0 Å². The molecule has 0 bridgehead atoms. The van der Waals surface area contributed by atoms with Crippen LogP contribution in [0.25, 0.3) is 0 Å². The van der Waals surface area contributed by atoms with Crippen LogP contribution in [-0.2, 0) is 9.59 Å². The molecular weight excluding hydrogens is 402 g/mol. The maximum absolute atomic E-state index is 12.0. The lowest BCUT2D eigenvalue weighted by molar-refractivity contribution is -0.383. The molecule has 0 spiro atoms. The smallest absolute Gasteiger partial charge is 0.313 e. The normalized spacial score (nSPS) is 14.0. The van der Waals surface area contributed by atoms with Crippen molar-refractivity contribution in [2.24, 2.45) is 0 Å². The first-order chi connectivity index (χ1) is 15.0. The van der Waals surface area contributed by atoms with E-state index < -0.39 is 16.7 Å². The molecule has 0 radical (unpaired) electrons.